The molecule has 0 bridgehead atoms. The number of benzene rings is 1. The minimum Gasteiger partial charge on any atom is -0.493 e. The summed E-state index contributed by atoms with van der Waals surface area (Å²) in [7, 11) is 2.70. The summed E-state index contributed by atoms with van der Waals surface area (Å²) in [5.41, 5.74) is -3.87. The predicted molar refractivity (Wildman–Crippen MR) is 97.0 cm³/mol. The monoisotopic (exact) mass is 425 g/mol. The average Bonchev–Trinajstić information content (AvgIpc) is 2.72. The van der Waals surface area contributed by atoms with Crippen LogP contribution in [0.5, 0.6) is 11.5 Å². The average molecular weight is 425 g/mol. The number of carbonyl (C=O) groups excluding carboxylic acids is 2. The molecule has 3 N–H and O–H groups in total. The van der Waals surface area contributed by atoms with E-state index in [2.05, 4.69) is 10.3 Å². The lowest BCUT2D eigenvalue weighted by molar-refractivity contribution is -0.287. The number of nitrogens with one attached hydrogen (secondary N) is 2. The van der Waals surface area contributed by atoms with Crippen LogP contribution in [0, 0.1) is 5.92 Å². The van der Waals surface area contributed by atoms with E-state index in [1.165, 1.54) is 56.1 Å². The van der Waals surface area contributed by atoms with Crippen LogP contribution in [-0.4, -0.2) is 48.0 Å². The maximum Gasteiger partial charge on any atom is 0.437 e. The van der Waals surface area contributed by atoms with Crippen LogP contribution in [-0.2, 0) is 0 Å². The number of carbonyl (C=O) groups is 2. The first-order valence-corrected chi connectivity index (χ1v) is 8.66. The van der Waals surface area contributed by atoms with Gasteiger partial charge in [-0.25, -0.2) is 4.79 Å². The number of rotatable bonds is 5. The maximum atomic E-state index is 13.9. The number of alkyl halides is 3. The van der Waals surface area contributed by atoms with Gasteiger partial charge in [0.15, 0.2) is 17.3 Å². The summed E-state index contributed by atoms with van der Waals surface area (Å²) in [6, 6.07) is 3.95. The van der Waals surface area contributed by atoms with E-state index in [-0.39, 0.29) is 16.9 Å². The molecule has 0 spiro atoms. The van der Waals surface area contributed by atoms with Crippen molar-refractivity contribution in [3.8, 4) is 11.5 Å². The highest BCUT2D eigenvalue weighted by atomic mass is 19.4. The van der Waals surface area contributed by atoms with Gasteiger partial charge in [-0.3, -0.25) is 9.78 Å². The number of halogens is 3. The standard InChI is InChI=1S/C19H18F3N3O5/c1-29-12-6-5-10(8-13(12)30-2)15-14(16(26)11-4-3-7-23-9-11)18(28,19(20,21)22)25-17(27)24-15/h3-9,14-15,28H,1-2H3,(H2,24,25,27)/t14-,15-,18+/m1/s1. The van der Waals surface area contributed by atoms with Gasteiger partial charge in [-0.1, -0.05) is 6.07 Å². The van der Waals surface area contributed by atoms with Crippen LogP contribution in [0.15, 0.2) is 42.7 Å². The molecule has 0 radical (unpaired) electrons. The van der Waals surface area contributed by atoms with E-state index >= 15 is 0 Å². The van der Waals surface area contributed by atoms with Crippen molar-refractivity contribution >= 4 is 11.8 Å². The molecule has 0 unspecified atom stereocenters. The Bertz CT molecular complexity index is 954. The number of methoxy groups -OCH3 is 2. The highest BCUT2D eigenvalue weighted by Crippen LogP contribution is 2.45. The third-order valence-electron chi connectivity index (χ3n) is 4.80. The molecule has 0 saturated carbocycles. The van der Waals surface area contributed by atoms with Crippen molar-refractivity contribution in [1.29, 1.82) is 0 Å². The highest BCUT2D eigenvalue weighted by molar-refractivity contribution is 6.00. The zero-order chi connectivity index (χ0) is 22.1. The van der Waals surface area contributed by atoms with Crippen LogP contribution >= 0.6 is 0 Å². The molecule has 2 amide bonds. The fourth-order valence-corrected chi connectivity index (χ4v) is 3.35. The second kappa shape index (κ2) is 7.82. The number of ketones is 1. The van der Waals surface area contributed by atoms with Crippen molar-refractivity contribution in [2.75, 3.05) is 14.2 Å². The van der Waals surface area contributed by atoms with Crippen molar-refractivity contribution < 1.29 is 37.3 Å². The van der Waals surface area contributed by atoms with E-state index in [1.54, 1.807) is 0 Å². The van der Waals surface area contributed by atoms with Crippen LogP contribution in [0.3, 0.4) is 0 Å². The van der Waals surface area contributed by atoms with E-state index in [9.17, 15) is 27.9 Å². The molecule has 1 aliphatic heterocycles. The molecule has 1 aliphatic rings. The summed E-state index contributed by atoms with van der Waals surface area (Å²) in [6.07, 6.45) is -2.91. The third-order valence-corrected chi connectivity index (χ3v) is 4.80. The van der Waals surface area contributed by atoms with Gasteiger partial charge in [0, 0.05) is 18.0 Å². The Balaban J connectivity index is 2.18. The molecule has 1 fully saturated rings. The molecule has 160 valence electrons. The van der Waals surface area contributed by atoms with Gasteiger partial charge in [-0.05, 0) is 29.8 Å². The number of ether oxygens (including phenoxy) is 2. The summed E-state index contributed by atoms with van der Waals surface area (Å²) >= 11 is 0. The number of urea groups is 1. The summed E-state index contributed by atoms with van der Waals surface area (Å²) in [6.45, 7) is 0. The second-order valence-corrected chi connectivity index (χ2v) is 6.54. The first kappa shape index (κ1) is 21.4. The molecule has 30 heavy (non-hydrogen) atoms. The van der Waals surface area contributed by atoms with Crippen LogP contribution in [0.4, 0.5) is 18.0 Å². The molecule has 11 heteroatoms. The lowest BCUT2D eigenvalue weighted by Gasteiger charge is -2.45. The molecular weight excluding hydrogens is 407 g/mol. The zero-order valence-corrected chi connectivity index (χ0v) is 15.9. The Morgan fingerprint density at radius 3 is 2.47 bits per heavy atom. The number of pyridine rings is 1. The number of hydrogen-bond acceptors (Lipinski definition) is 6. The smallest absolute Gasteiger partial charge is 0.437 e. The Hall–Kier alpha value is -3.34. The quantitative estimate of drug-likeness (QED) is 0.634. The topological polar surface area (TPSA) is 110 Å². The first-order valence-electron chi connectivity index (χ1n) is 8.66. The number of nitrogens with zero attached hydrogens (tertiary/aromatic N) is 1. The molecule has 3 rings (SSSR count). The Labute approximate surface area is 169 Å². The molecular formula is C19H18F3N3O5. The first-order chi connectivity index (χ1) is 14.1. The fourth-order valence-electron chi connectivity index (χ4n) is 3.35. The van der Waals surface area contributed by atoms with Gasteiger partial charge in [0.2, 0.25) is 5.72 Å². The Kier molecular flexibility index (Phi) is 5.57. The lowest BCUT2D eigenvalue weighted by atomic mass is 9.77. The molecule has 1 saturated heterocycles. The number of Topliss-reactive ketones (excluding diaryl/α,β-unsaturated/α-hetero) is 1. The molecule has 2 aromatic rings. The van der Waals surface area contributed by atoms with E-state index in [1.807, 2.05) is 0 Å². The molecule has 1 aromatic heterocycles. The summed E-state index contributed by atoms with van der Waals surface area (Å²) in [5, 5.41) is 14.3. The van der Waals surface area contributed by atoms with Crippen molar-refractivity contribution in [3.63, 3.8) is 0 Å². The van der Waals surface area contributed by atoms with Crippen molar-refractivity contribution in [2.24, 2.45) is 5.92 Å². The lowest BCUT2D eigenvalue weighted by Crippen LogP contribution is -2.72. The van der Waals surface area contributed by atoms with Crippen LogP contribution in [0.25, 0.3) is 0 Å². The van der Waals surface area contributed by atoms with Gasteiger partial charge >= 0.3 is 12.2 Å². The number of aromatic nitrogens is 1. The SMILES string of the molecule is COc1ccc([C@H]2NC(=O)N[C@@](O)(C(F)(F)F)[C@H]2C(=O)c2cccnc2)cc1OC. The van der Waals surface area contributed by atoms with Gasteiger partial charge in [0.25, 0.3) is 0 Å². The summed E-state index contributed by atoms with van der Waals surface area (Å²) in [4.78, 5) is 28.9. The van der Waals surface area contributed by atoms with Gasteiger partial charge in [-0.15, -0.1) is 0 Å². The van der Waals surface area contributed by atoms with E-state index in [0.717, 1.165) is 6.20 Å². The second-order valence-electron chi connectivity index (χ2n) is 6.54. The Morgan fingerprint density at radius 2 is 1.90 bits per heavy atom. The number of hydrogen-bond donors (Lipinski definition) is 3. The van der Waals surface area contributed by atoms with Gasteiger partial charge in [0.1, 0.15) is 5.92 Å². The van der Waals surface area contributed by atoms with Crippen LogP contribution in [0.2, 0.25) is 0 Å². The van der Waals surface area contributed by atoms with Crippen molar-refractivity contribution in [3.05, 3.63) is 53.9 Å². The van der Waals surface area contributed by atoms with E-state index in [0.29, 0.717) is 5.75 Å². The minimum atomic E-state index is -5.35. The fraction of sp³-hybridized carbons (Fsp3) is 0.316. The molecule has 3 atom stereocenters. The van der Waals surface area contributed by atoms with Crippen LogP contribution in [0.1, 0.15) is 22.0 Å². The summed E-state index contributed by atoms with van der Waals surface area (Å²) < 4.78 is 51.9. The number of aliphatic hydroxyl groups is 1. The largest absolute Gasteiger partial charge is 0.493 e. The van der Waals surface area contributed by atoms with Gasteiger partial charge in [-0.2, -0.15) is 13.2 Å². The van der Waals surface area contributed by atoms with Crippen molar-refractivity contribution in [1.82, 2.24) is 15.6 Å². The Morgan fingerprint density at radius 1 is 1.20 bits per heavy atom. The molecule has 0 aliphatic carbocycles. The highest BCUT2D eigenvalue weighted by Gasteiger charge is 2.66. The molecule has 8 nitrogen and oxygen atoms in total. The molecule has 1 aromatic carbocycles. The number of amides is 2. The van der Waals surface area contributed by atoms with E-state index < -0.39 is 35.7 Å². The molecule has 2 heterocycles. The van der Waals surface area contributed by atoms with Gasteiger partial charge < -0.3 is 25.2 Å². The predicted octanol–water partition coefficient (Wildman–Crippen LogP) is 2.20. The van der Waals surface area contributed by atoms with E-state index in [4.69, 9.17) is 9.47 Å². The normalized spacial score (nSPS) is 23.9. The van der Waals surface area contributed by atoms with Gasteiger partial charge in [0.05, 0.1) is 20.3 Å². The minimum absolute atomic E-state index is 0.104. The van der Waals surface area contributed by atoms with Crippen LogP contribution < -0.4 is 20.1 Å². The zero-order valence-electron chi connectivity index (χ0n) is 15.9. The third kappa shape index (κ3) is 3.63. The summed E-state index contributed by atoms with van der Waals surface area (Å²) in [5.74, 6) is -2.75. The maximum absolute atomic E-state index is 13.9. The van der Waals surface area contributed by atoms with Crippen molar-refractivity contribution in [2.45, 2.75) is 17.9 Å².